The number of rotatable bonds is 7. The number of benzene rings is 2. The Morgan fingerprint density at radius 1 is 1.19 bits per heavy atom. The fourth-order valence-corrected chi connectivity index (χ4v) is 4.63. The molecule has 0 N–H and O–H groups in total. The van der Waals surface area contributed by atoms with E-state index in [9.17, 15) is 4.79 Å². The van der Waals surface area contributed by atoms with Gasteiger partial charge in [0.2, 0.25) is 0 Å². The highest BCUT2D eigenvalue weighted by Gasteiger charge is 2.22. The minimum atomic E-state index is -0.240. The van der Waals surface area contributed by atoms with Crippen LogP contribution in [-0.4, -0.2) is 34.1 Å². The molecule has 0 spiro atoms. The third kappa shape index (κ3) is 4.77. The fraction of sp³-hybridized carbons (Fsp3) is 0.385. The Hall–Kier alpha value is -2.79. The lowest BCUT2D eigenvalue weighted by atomic mass is 9.92. The van der Waals surface area contributed by atoms with Crippen molar-refractivity contribution in [2.75, 3.05) is 7.05 Å². The summed E-state index contributed by atoms with van der Waals surface area (Å²) in [5, 5.41) is 4.24. The molecule has 1 aliphatic rings. The molecule has 5 heteroatoms. The number of hydrogen-bond acceptors (Lipinski definition) is 3. The molecule has 0 amide bonds. The van der Waals surface area contributed by atoms with Gasteiger partial charge in [0, 0.05) is 36.1 Å². The summed E-state index contributed by atoms with van der Waals surface area (Å²) in [6.07, 6.45) is 11.1. The van der Waals surface area contributed by atoms with E-state index < -0.39 is 0 Å². The zero-order valence-electron chi connectivity index (χ0n) is 18.4. The van der Waals surface area contributed by atoms with E-state index in [-0.39, 0.29) is 5.82 Å². The summed E-state index contributed by atoms with van der Waals surface area (Å²) in [4.78, 5) is 14.1. The van der Waals surface area contributed by atoms with Crippen molar-refractivity contribution in [2.24, 2.45) is 0 Å². The Kier molecular flexibility index (Phi) is 6.62. The topological polar surface area (TPSA) is 38.1 Å². The monoisotopic (exact) mass is 419 g/mol. The van der Waals surface area contributed by atoms with Crippen molar-refractivity contribution >= 4 is 6.29 Å². The van der Waals surface area contributed by atoms with E-state index in [1.165, 1.54) is 19.3 Å². The zero-order chi connectivity index (χ0) is 21.8. The minimum Gasteiger partial charge on any atom is -0.299 e. The SMILES string of the molecule is Cc1c(Cc2ccc(-n3cccn3)cc2)cc(C=O)c(CN(C)C2CCCCC2)c1F. The normalized spacial score (nSPS) is 14.8. The molecule has 0 aliphatic heterocycles. The maximum atomic E-state index is 15.4. The summed E-state index contributed by atoms with van der Waals surface area (Å²) in [7, 11) is 2.05. The molecular formula is C26H30FN3O. The molecular weight excluding hydrogens is 389 g/mol. The number of aromatic nitrogens is 2. The van der Waals surface area contributed by atoms with Crippen LogP contribution in [-0.2, 0) is 13.0 Å². The third-order valence-corrected chi connectivity index (χ3v) is 6.59. The van der Waals surface area contributed by atoms with E-state index >= 15 is 4.39 Å². The Balaban J connectivity index is 1.55. The van der Waals surface area contributed by atoms with Gasteiger partial charge in [0.1, 0.15) is 12.1 Å². The number of carbonyl (C=O) groups excluding carboxylic acids is 1. The van der Waals surface area contributed by atoms with Crippen molar-refractivity contribution in [1.82, 2.24) is 14.7 Å². The largest absolute Gasteiger partial charge is 0.299 e. The van der Waals surface area contributed by atoms with Crippen molar-refractivity contribution in [2.45, 2.75) is 58.0 Å². The summed E-state index contributed by atoms with van der Waals surface area (Å²) in [6, 6.07) is 12.3. The lowest BCUT2D eigenvalue weighted by Gasteiger charge is -2.31. The summed E-state index contributed by atoms with van der Waals surface area (Å²) in [5.41, 5.74) is 4.53. The van der Waals surface area contributed by atoms with E-state index in [1.54, 1.807) is 10.9 Å². The maximum Gasteiger partial charge on any atom is 0.150 e. The van der Waals surface area contributed by atoms with Gasteiger partial charge in [-0.25, -0.2) is 9.07 Å². The number of aldehydes is 1. The Labute approximate surface area is 183 Å². The van der Waals surface area contributed by atoms with Crippen LogP contribution < -0.4 is 0 Å². The molecule has 0 unspecified atom stereocenters. The molecule has 1 saturated carbocycles. The van der Waals surface area contributed by atoms with E-state index in [2.05, 4.69) is 17.0 Å². The van der Waals surface area contributed by atoms with Crippen LogP contribution >= 0.6 is 0 Å². The molecule has 1 fully saturated rings. The average Bonchev–Trinajstić information content (AvgIpc) is 3.34. The summed E-state index contributed by atoms with van der Waals surface area (Å²) in [5.74, 6) is -0.240. The lowest BCUT2D eigenvalue weighted by molar-refractivity contribution is 0.111. The van der Waals surface area contributed by atoms with Crippen molar-refractivity contribution in [3.05, 3.63) is 82.4 Å². The predicted octanol–water partition coefficient (Wildman–Crippen LogP) is 5.49. The molecule has 1 aliphatic carbocycles. The van der Waals surface area contributed by atoms with Gasteiger partial charge >= 0.3 is 0 Å². The number of hydrogen-bond donors (Lipinski definition) is 0. The molecule has 31 heavy (non-hydrogen) atoms. The molecule has 0 bridgehead atoms. The quantitative estimate of drug-likeness (QED) is 0.476. The highest BCUT2D eigenvalue weighted by atomic mass is 19.1. The molecule has 4 rings (SSSR count). The standard InChI is InChI=1S/C26H30FN3O/c1-19-21(15-20-9-11-24(12-10-20)30-14-6-13-28-30)16-22(18-31)25(26(19)27)17-29(2)23-7-4-3-5-8-23/h6,9-14,16,18,23H,3-5,7-8,15,17H2,1-2H3. The van der Waals surface area contributed by atoms with Crippen LogP contribution in [0.25, 0.3) is 5.69 Å². The van der Waals surface area contributed by atoms with Crippen LogP contribution in [0.4, 0.5) is 4.39 Å². The predicted molar refractivity (Wildman–Crippen MR) is 121 cm³/mol. The van der Waals surface area contributed by atoms with E-state index in [4.69, 9.17) is 0 Å². The molecule has 162 valence electrons. The number of nitrogens with zero attached hydrogens (tertiary/aromatic N) is 3. The smallest absolute Gasteiger partial charge is 0.150 e. The Bertz CT molecular complexity index is 1020. The highest BCUT2D eigenvalue weighted by molar-refractivity contribution is 5.78. The lowest BCUT2D eigenvalue weighted by Crippen LogP contribution is -2.33. The molecule has 1 heterocycles. The molecule has 0 saturated heterocycles. The van der Waals surface area contributed by atoms with Gasteiger partial charge in [-0.15, -0.1) is 0 Å². The van der Waals surface area contributed by atoms with E-state index in [0.29, 0.717) is 35.7 Å². The summed E-state index contributed by atoms with van der Waals surface area (Å²) < 4.78 is 17.2. The second-order valence-electron chi connectivity index (χ2n) is 8.66. The molecule has 4 nitrogen and oxygen atoms in total. The van der Waals surface area contributed by atoms with E-state index in [0.717, 1.165) is 35.9 Å². The van der Waals surface area contributed by atoms with Gasteiger partial charge in [0.15, 0.2) is 0 Å². The van der Waals surface area contributed by atoms with Crippen molar-refractivity contribution in [3.63, 3.8) is 0 Å². The third-order valence-electron chi connectivity index (χ3n) is 6.59. The van der Waals surface area contributed by atoms with Crippen LogP contribution in [0.1, 0.15) is 64.7 Å². The van der Waals surface area contributed by atoms with Gasteiger partial charge in [-0.1, -0.05) is 31.4 Å². The highest BCUT2D eigenvalue weighted by Crippen LogP contribution is 2.27. The number of carbonyl (C=O) groups is 1. The van der Waals surface area contributed by atoms with Gasteiger partial charge in [-0.05, 0) is 74.2 Å². The van der Waals surface area contributed by atoms with Crippen LogP contribution in [0.3, 0.4) is 0 Å². The summed E-state index contributed by atoms with van der Waals surface area (Å²) in [6.45, 7) is 2.30. The van der Waals surface area contributed by atoms with Crippen LogP contribution in [0, 0.1) is 12.7 Å². The average molecular weight is 420 g/mol. The van der Waals surface area contributed by atoms with Gasteiger partial charge in [-0.2, -0.15) is 5.10 Å². The van der Waals surface area contributed by atoms with Gasteiger partial charge in [-0.3, -0.25) is 9.69 Å². The van der Waals surface area contributed by atoms with Gasteiger partial charge in [0.25, 0.3) is 0 Å². The molecule has 3 aromatic rings. The number of halogens is 1. The van der Waals surface area contributed by atoms with Crippen molar-refractivity contribution in [1.29, 1.82) is 0 Å². The van der Waals surface area contributed by atoms with Crippen LogP contribution in [0.15, 0.2) is 48.8 Å². The van der Waals surface area contributed by atoms with Crippen molar-refractivity contribution < 1.29 is 9.18 Å². The van der Waals surface area contributed by atoms with Crippen molar-refractivity contribution in [3.8, 4) is 5.69 Å². The second kappa shape index (κ2) is 9.56. The minimum absolute atomic E-state index is 0.240. The first kappa shape index (κ1) is 21.4. The molecule has 2 aromatic carbocycles. The molecule has 0 radical (unpaired) electrons. The van der Waals surface area contributed by atoms with Gasteiger partial charge < -0.3 is 0 Å². The fourth-order valence-electron chi connectivity index (χ4n) is 4.63. The van der Waals surface area contributed by atoms with Crippen LogP contribution in [0.2, 0.25) is 0 Å². The van der Waals surface area contributed by atoms with E-state index in [1.807, 2.05) is 49.5 Å². The first-order chi connectivity index (χ1) is 15.1. The van der Waals surface area contributed by atoms with Gasteiger partial charge in [0.05, 0.1) is 5.69 Å². The maximum absolute atomic E-state index is 15.4. The zero-order valence-corrected chi connectivity index (χ0v) is 18.4. The van der Waals surface area contributed by atoms with Crippen LogP contribution in [0.5, 0.6) is 0 Å². The Morgan fingerprint density at radius 3 is 2.58 bits per heavy atom. The first-order valence-corrected chi connectivity index (χ1v) is 11.1. The first-order valence-electron chi connectivity index (χ1n) is 11.1. The molecule has 0 atom stereocenters. The second-order valence-corrected chi connectivity index (χ2v) is 8.66. The Morgan fingerprint density at radius 2 is 1.94 bits per heavy atom. The summed E-state index contributed by atoms with van der Waals surface area (Å²) >= 11 is 0. The molecule has 1 aromatic heterocycles.